The van der Waals surface area contributed by atoms with Crippen molar-refractivity contribution >= 4 is 17.5 Å². The van der Waals surface area contributed by atoms with Crippen LogP contribution in [0.3, 0.4) is 0 Å². The molecule has 0 aliphatic carbocycles. The van der Waals surface area contributed by atoms with Crippen LogP contribution in [0.15, 0.2) is 24.3 Å². The summed E-state index contributed by atoms with van der Waals surface area (Å²) in [6.45, 7) is 2.65. The highest BCUT2D eigenvalue weighted by atomic mass is 35.5. The van der Waals surface area contributed by atoms with Crippen molar-refractivity contribution in [3.05, 3.63) is 34.9 Å². The molecular formula is C18H26ClNO2. The fourth-order valence-corrected chi connectivity index (χ4v) is 3.36. The zero-order chi connectivity index (χ0) is 15.8. The van der Waals surface area contributed by atoms with Crippen LogP contribution >= 0.6 is 11.6 Å². The number of hydrogen-bond acceptors (Lipinski definition) is 2. The molecule has 3 nitrogen and oxygen atoms in total. The summed E-state index contributed by atoms with van der Waals surface area (Å²) in [6.07, 6.45) is 5.95. The molecule has 0 radical (unpaired) electrons. The second-order valence-electron chi connectivity index (χ2n) is 6.11. The number of piperidine rings is 1. The minimum Gasteiger partial charge on any atom is -0.385 e. The molecule has 1 aromatic carbocycles. The molecule has 0 unspecified atom stereocenters. The Morgan fingerprint density at radius 2 is 2.32 bits per heavy atom. The van der Waals surface area contributed by atoms with Gasteiger partial charge in [0.25, 0.3) is 0 Å². The minimum atomic E-state index is 0.274. The number of nitrogens with zero attached hydrogens (tertiary/aromatic N) is 1. The number of rotatable bonds is 7. The molecule has 2 rings (SSSR count). The molecule has 1 heterocycles. The second kappa shape index (κ2) is 9.16. The van der Waals surface area contributed by atoms with Gasteiger partial charge >= 0.3 is 0 Å². The molecule has 1 aromatic rings. The highest BCUT2D eigenvalue weighted by Crippen LogP contribution is 2.22. The average molecular weight is 324 g/mol. The van der Waals surface area contributed by atoms with Crippen LogP contribution < -0.4 is 0 Å². The third-order valence-electron chi connectivity index (χ3n) is 4.35. The molecule has 1 atom stereocenters. The number of carbonyl (C=O) groups is 1. The number of methoxy groups -OCH3 is 1. The van der Waals surface area contributed by atoms with Gasteiger partial charge in [-0.3, -0.25) is 4.79 Å². The number of ether oxygens (including phenoxy) is 1. The summed E-state index contributed by atoms with van der Waals surface area (Å²) in [7, 11) is 1.74. The van der Waals surface area contributed by atoms with E-state index >= 15 is 0 Å². The monoisotopic (exact) mass is 323 g/mol. The van der Waals surface area contributed by atoms with E-state index in [1.165, 1.54) is 6.42 Å². The number of likely N-dealkylation sites (tertiary alicyclic amines) is 1. The number of benzene rings is 1. The largest absolute Gasteiger partial charge is 0.385 e. The van der Waals surface area contributed by atoms with Crippen molar-refractivity contribution in [2.45, 2.75) is 38.5 Å². The van der Waals surface area contributed by atoms with E-state index in [9.17, 15) is 4.79 Å². The van der Waals surface area contributed by atoms with Crippen molar-refractivity contribution in [1.29, 1.82) is 0 Å². The molecule has 0 aromatic heterocycles. The predicted octanol–water partition coefficient (Wildman–Crippen LogP) is 3.94. The van der Waals surface area contributed by atoms with E-state index in [1.54, 1.807) is 7.11 Å². The lowest BCUT2D eigenvalue weighted by Gasteiger charge is -2.33. The van der Waals surface area contributed by atoms with E-state index in [2.05, 4.69) is 0 Å². The average Bonchev–Trinajstić information content (AvgIpc) is 2.53. The van der Waals surface area contributed by atoms with Crippen LogP contribution in [0.4, 0.5) is 0 Å². The van der Waals surface area contributed by atoms with Gasteiger partial charge in [-0.2, -0.15) is 0 Å². The summed E-state index contributed by atoms with van der Waals surface area (Å²) in [5.74, 6) is 0.912. The second-order valence-corrected chi connectivity index (χ2v) is 6.55. The standard InChI is InChI=1S/C18H26ClNO2/c1-22-12-4-7-16-6-3-11-20(14-16)18(21)10-9-15-5-2-8-17(19)13-15/h2,5,8,13,16H,3-4,6-7,9-12,14H2,1H3/t16-/m1/s1. The summed E-state index contributed by atoms with van der Waals surface area (Å²) in [6, 6.07) is 7.78. The maximum absolute atomic E-state index is 12.4. The maximum Gasteiger partial charge on any atom is 0.222 e. The van der Waals surface area contributed by atoms with Crippen molar-refractivity contribution in [3.63, 3.8) is 0 Å². The molecule has 4 heteroatoms. The van der Waals surface area contributed by atoms with E-state index in [-0.39, 0.29) is 5.91 Å². The van der Waals surface area contributed by atoms with Crippen LogP contribution in [0.1, 0.15) is 37.7 Å². The van der Waals surface area contributed by atoms with E-state index in [1.807, 2.05) is 29.2 Å². The van der Waals surface area contributed by atoms with Gasteiger partial charge in [0.2, 0.25) is 5.91 Å². The number of aryl methyl sites for hydroxylation is 1. The maximum atomic E-state index is 12.4. The molecule has 1 aliphatic rings. The smallest absolute Gasteiger partial charge is 0.222 e. The Labute approximate surface area is 138 Å². The van der Waals surface area contributed by atoms with Crippen molar-refractivity contribution in [3.8, 4) is 0 Å². The molecule has 1 saturated heterocycles. The summed E-state index contributed by atoms with van der Waals surface area (Å²) < 4.78 is 5.11. The first-order chi connectivity index (χ1) is 10.7. The van der Waals surface area contributed by atoms with Crippen LogP contribution in [0, 0.1) is 5.92 Å². The topological polar surface area (TPSA) is 29.5 Å². The first-order valence-electron chi connectivity index (χ1n) is 8.20. The summed E-state index contributed by atoms with van der Waals surface area (Å²) in [5.41, 5.74) is 1.13. The van der Waals surface area contributed by atoms with Crippen molar-refractivity contribution in [2.24, 2.45) is 5.92 Å². The van der Waals surface area contributed by atoms with Gasteiger partial charge in [0.1, 0.15) is 0 Å². The zero-order valence-corrected chi connectivity index (χ0v) is 14.1. The summed E-state index contributed by atoms with van der Waals surface area (Å²) in [5, 5.41) is 0.737. The molecule has 1 amide bonds. The number of amides is 1. The summed E-state index contributed by atoms with van der Waals surface area (Å²) >= 11 is 5.98. The molecule has 1 aliphatic heterocycles. The zero-order valence-electron chi connectivity index (χ0n) is 13.4. The van der Waals surface area contributed by atoms with E-state index < -0.39 is 0 Å². The van der Waals surface area contributed by atoms with E-state index in [0.717, 1.165) is 56.0 Å². The molecule has 122 valence electrons. The van der Waals surface area contributed by atoms with Gasteiger partial charge in [0, 0.05) is 38.2 Å². The first kappa shape index (κ1) is 17.3. The number of hydrogen-bond donors (Lipinski definition) is 0. The van der Waals surface area contributed by atoms with Crippen molar-refractivity contribution < 1.29 is 9.53 Å². The Balaban J connectivity index is 1.76. The number of halogens is 1. The van der Waals surface area contributed by atoms with Gasteiger partial charge in [-0.25, -0.2) is 0 Å². The van der Waals surface area contributed by atoms with Gasteiger partial charge in [-0.05, 0) is 55.7 Å². The van der Waals surface area contributed by atoms with Crippen LogP contribution in [0.2, 0.25) is 5.02 Å². The molecule has 0 saturated carbocycles. The summed E-state index contributed by atoms with van der Waals surface area (Å²) in [4.78, 5) is 14.4. The SMILES string of the molecule is COCCC[C@H]1CCCN(C(=O)CCc2cccc(Cl)c2)C1. The highest BCUT2D eigenvalue weighted by Gasteiger charge is 2.22. The van der Waals surface area contributed by atoms with Crippen LogP contribution in [-0.4, -0.2) is 37.6 Å². The fourth-order valence-electron chi connectivity index (χ4n) is 3.15. The van der Waals surface area contributed by atoms with Gasteiger partial charge in [-0.15, -0.1) is 0 Å². The van der Waals surface area contributed by atoms with Gasteiger partial charge in [0.05, 0.1) is 0 Å². The Morgan fingerprint density at radius 3 is 3.09 bits per heavy atom. The quantitative estimate of drug-likeness (QED) is 0.711. The van der Waals surface area contributed by atoms with Crippen molar-refractivity contribution in [1.82, 2.24) is 4.90 Å². The third-order valence-corrected chi connectivity index (χ3v) is 4.58. The van der Waals surface area contributed by atoms with Crippen LogP contribution in [0.25, 0.3) is 0 Å². The third kappa shape index (κ3) is 5.62. The highest BCUT2D eigenvalue weighted by molar-refractivity contribution is 6.30. The Kier molecular flexibility index (Phi) is 7.20. The predicted molar refractivity (Wildman–Crippen MR) is 90.2 cm³/mol. The molecule has 0 spiro atoms. The lowest BCUT2D eigenvalue weighted by molar-refractivity contribution is -0.133. The molecule has 22 heavy (non-hydrogen) atoms. The molecule has 0 N–H and O–H groups in total. The van der Waals surface area contributed by atoms with Crippen molar-refractivity contribution in [2.75, 3.05) is 26.8 Å². The lowest BCUT2D eigenvalue weighted by atomic mass is 9.93. The minimum absolute atomic E-state index is 0.274. The van der Waals surface area contributed by atoms with Gasteiger partial charge < -0.3 is 9.64 Å². The Bertz CT molecular complexity index is 478. The van der Waals surface area contributed by atoms with Crippen LogP contribution in [0.5, 0.6) is 0 Å². The van der Waals surface area contributed by atoms with Gasteiger partial charge in [0.15, 0.2) is 0 Å². The number of carbonyl (C=O) groups excluding carboxylic acids is 1. The Hall–Kier alpha value is -1.06. The molecule has 0 bridgehead atoms. The first-order valence-corrected chi connectivity index (χ1v) is 8.58. The molecular weight excluding hydrogens is 298 g/mol. The normalized spacial score (nSPS) is 18.5. The molecule has 1 fully saturated rings. The van der Waals surface area contributed by atoms with E-state index in [0.29, 0.717) is 12.3 Å². The lowest BCUT2D eigenvalue weighted by Crippen LogP contribution is -2.40. The van der Waals surface area contributed by atoms with E-state index in [4.69, 9.17) is 16.3 Å². The fraction of sp³-hybridized carbons (Fsp3) is 0.611. The van der Waals surface area contributed by atoms with Crippen LogP contribution in [-0.2, 0) is 16.0 Å². The van der Waals surface area contributed by atoms with Gasteiger partial charge in [-0.1, -0.05) is 23.7 Å². The Morgan fingerprint density at radius 1 is 1.45 bits per heavy atom.